The van der Waals surface area contributed by atoms with Crippen LogP contribution in [0, 0.1) is 6.92 Å². The maximum absolute atomic E-state index is 12.0. The van der Waals surface area contributed by atoms with Crippen LogP contribution < -0.4 is 16.6 Å². The molecular weight excluding hydrogens is 264 g/mol. The van der Waals surface area contributed by atoms with Gasteiger partial charge in [-0.2, -0.15) is 0 Å². The summed E-state index contributed by atoms with van der Waals surface area (Å²) in [4.78, 5) is 16.0. The standard InChI is InChI=1S/C13H13ClN4O/c1-8-3-2-4-10(5-8)17-13(19)9-6-11(14)12(18-15)16-7-9/h2-7H,15H2,1H3,(H,16,18)(H,17,19). The minimum absolute atomic E-state index is 0.274. The highest BCUT2D eigenvalue weighted by molar-refractivity contribution is 6.33. The van der Waals surface area contributed by atoms with E-state index < -0.39 is 0 Å². The maximum atomic E-state index is 12.0. The Labute approximate surface area is 115 Å². The zero-order valence-electron chi connectivity index (χ0n) is 10.3. The molecule has 4 N–H and O–H groups in total. The summed E-state index contributed by atoms with van der Waals surface area (Å²) in [6.45, 7) is 1.95. The van der Waals surface area contributed by atoms with Crippen molar-refractivity contribution in [1.82, 2.24) is 4.98 Å². The summed E-state index contributed by atoms with van der Waals surface area (Å²) in [6.07, 6.45) is 1.41. The first kappa shape index (κ1) is 13.3. The molecule has 1 aromatic carbocycles. The van der Waals surface area contributed by atoms with Gasteiger partial charge in [0.1, 0.15) is 0 Å². The van der Waals surface area contributed by atoms with Crippen molar-refractivity contribution in [1.29, 1.82) is 0 Å². The van der Waals surface area contributed by atoms with Crippen LogP contribution in [0.15, 0.2) is 36.5 Å². The predicted molar refractivity (Wildman–Crippen MR) is 76.2 cm³/mol. The van der Waals surface area contributed by atoms with Crippen LogP contribution in [0.4, 0.5) is 11.5 Å². The van der Waals surface area contributed by atoms with E-state index in [0.29, 0.717) is 16.4 Å². The fraction of sp³-hybridized carbons (Fsp3) is 0.0769. The van der Waals surface area contributed by atoms with E-state index >= 15 is 0 Å². The number of hydrogen-bond donors (Lipinski definition) is 3. The number of rotatable bonds is 3. The second kappa shape index (κ2) is 5.69. The highest BCUT2D eigenvalue weighted by Gasteiger charge is 2.09. The molecule has 1 amide bonds. The molecule has 0 aliphatic carbocycles. The van der Waals surface area contributed by atoms with Crippen LogP contribution in [0.5, 0.6) is 0 Å². The molecule has 0 fully saturated rings. The lowest BCUT2D eigenvalue weighted by atomic mass is 10.2. The first-order valence-corrected chi connectivity index (χ1v) is 5.98. The van der Waals surface area contributed by atoms with Crippen LogP contribution in [0.3, 0.4) is 0 Å². The number of carbonyl (C=O) groups excluding carboxylic acids is 1. The molecule has 1 aromatic heterocycles. The number of aromatic nitrogens is 1. The fourth-order valence-electron chi connectivity index (χ4n) is 1.59. The van der Waals surface area contributed by atoms with Crippen molar-refractivity contribution >= 4 is 29.0 Å². The average molecular weight is 277 g/mol. The Balaban J connectivity index is 2.18. The number of amides is 1. The summed E-state index contributed by atoms with van der Waals surface area (Å²) in [5.41, 5.74) is 4.50. The monoisotopic (exact) mass is 276 g/mol. The summed E-state index contributed by atoms with van der Waals surface area (Å²) >= 11 is 5.92. The highest BCUT2D eigenvalue weighted by atomic mass is 35.5. The molecule has 19 heavy (non-hydrogen) atoms. The van der Waals surface area contributed by atoms with Crippen molar-refractivity contribution in [2.24, 2.45) is 5.84 Å². The lowest BCUT2D eigenvalue weighted by molar-refractivity contribution is 0.102. The number of hydrogen-bond acceptors (Lipinski definition) is 4. The molecule has 0 saturated heterocycles. The third-order valence-corrected chi connectivity index (χ3v) is 2.80. The second-order valence-electron chi connectivity index (χ2n) is 4.02. The van der Waals surface area contributed by atoms with Crippen LogP contribution in [0.2, 0.25) is 5.02 Å². The Morgan fingerprint density at radius 1 is 1.37 bits per heavy atom. The zero-order chi connectivity index (χ0) is 13.8. The van der Waals surface area contributed by atoms with Gasteiger partial charge in [0.15, 0.2) is 5.82 Å². The summed E-state index contributed by atoms with van der Waals surface area (Å²) in [7, 11) is 0. The average Bonchev–Trinajstić information content (AvgIpc) is 2.38. The maximum Gasteiger partial charge on any atom is 0.257 e. The Hall–Kier alpha value is -2.11. The number of pyridine rings is 1. The van der Waals surface area contributed by atoms with Crippen LogP contribution in [0.25, 0.3) is 0 Å². The number of nitrogen functional groups attached to an aromatic ring is 1. The van der Waals surface area contributed by atoms with Crippen molar-refractivity contribution in [3.05, 3.63) is 52.7 Å². The number of aryl methyl sites for hydroxylation is 1. The van der Waals surface area contributed by atoms with Crippen LogP contribution in [-0.2, 0) is 0 Å². The molecule has 0 aliphatic heterocycles. The third kappa shape index (κ3) is 3.21. The topological polar surface area (TPSA) is 80.0 Å². The van der Waals surface area contributed by atoms with E-state index in [4.69, 9.17) is 17.4 Å². The number of carbonyl (C=O) groups is 1. The Kier molecular flexibility index (Phi) is 3.99. The van der Waals surface area contributed by atoms with Crippen molar-refractivity contribution in [3.8, 4) is 0 Å². The van der Waals surface area contributed by atoms with E-state index in [2.05, 4.69) is 15.7 Å². The number of halogens is 1. The lowest BCUT2D eigenvalue weighted by Crippen LogP contribution is -2.14. The van der Waals surface area contributed by atoms with E-state index in [-0.39, 0.29) is 5.91 Å². The highest BCUT2D eigenvalue weighted by Crippen LogP contribution is 2.20. The normalized spacial score (nSPS) is 10.1. The number of anilines is 2. The molecule has 0 radical (unpaired) electrons. The summed E-state index contributed by atoms with van der Waals surface area (Å²) in [5, 5.41) is 3.07. The summed E-state index contributed by atoms with van der Waals surface area (Å²) < 4.78 is 0. The minimum atomic E-state index is -0.274. The molecule has 1 heterocycles. The van der Waals surface area contributed by atoms with E-state index in [9.17, 15) is 4.79 Å². The predicted octanol–water partition coefficient (Wildman–Crippen LogP) is 2.58. The Bertz CT molecular complexity index is 615. The van der Waals surface area contributed by atoms with Gasteiger partial charge in [-0.3, -0.25) is 4.79 Å². The molecule has 6 heteroatoms. The first-order valence-electron chi connectivity index (χ1n) is 5.60. The smallest absolute Gasteiger partial charge is 0.257 e. The number of nitrogens with two attached hydrogens (primary N) is 1. The molecule has 0 saturated carbocycles. The van der Waals surface area contributed by atoms with Gasteiger partial charge in [-0.25, -0.2) is 10.8 Å². The molecule has 0 unspecified atom stereocenters. The van der Waals surface area contributed by atoms with Gasteiger partial charge in [-0.05, 0) is 30.7 Å². The van der Waals surface area contributed by atoms with Crippen molar-refractivity contribution in [3.63, 3.8) is 0 Å². The fourth-order valence-corrected chi connectivity index (χ4v) is 1.82. The summed E-state index contributed by atoms with van der Waals surface area (Å²) in [6, 6.07) is 9.03. The van der Waals surface area contributed by atoms with Crippen LogP contribution in [-0.4, -0.2) is 10.9 Å². The molecule has 0 bridgehead atoms. The van der Waals surface area contributed by atoms with Gasteiger partial charge in [0.05, 0.1) is 10.6 Å². The molecule has 5 nitrogen and oxygen atoms in total. The van der Waals surface area contributed by atoms with E-state index in [1.165, 1.54) is 12.3 Å². The molecular formula is C13H13ClN4O. The van der Waals surface area contributed by atoms with Crippen LogP contribution in [0.1, 0.15) is 15.9 Å². The van der Waals surface area contributed by atoms with Gasteiger partial charge in [-0.1, -0.05) is 23.7 Å². The number of benzene rings is 1. The largest absolute Gasteiger partial charge is 0.322 e. The van der Waals surface area contributed by atoms with E-state index in [0.717, 1.165) is 11.3 Å². The Morgan fingerprint density at radius 3 is 2.79 bits per heavy atom. The molecule has 2 aromatic rings. The van der Waals surface area contributed by atoms with Crippen LogP contribution >= 0.6 is 11.6 Å². The second-order valence-corrected chi connectivity index (χ2v) is 4.43. The number of nitrogens with zero attached hydrogens (tertiary/aromatic N) is 1. The SMILES string of the molecule is Cc1cccc(NC(=O)c2cnc(NN)c(Cl)c2)c1. The molecule has 0 atom stereocenters. The Morgan fingerprint density at radius 2 is 2.16 bits per heavy atom. The van der Waals surface area contributed by atoms with E-state index in [1.807, 2.05) is 31.2 Å². The van der Waals surface area contributed by atoms with Gasteiger partial charge < -0.3 is 10.7 Å². The van der Waals surface area contributed by atoms with Gasteiger partial charge in [0.25, 0.3) is 5.91 Å². The van der Waals surface area contributed by atoms with Crippen molar-refractivity contribution < 1.29 is 4.79 Å². The lowest BCUT2D eigenvalue weighted by Gasteiger charge is -2.07. The molecule has 98 valence electrons. The molecule has 0 spiro atoms. The van der Waals surface area contributed by atoms with Gasteiger partial charge in [-0.15, -0.1) is 0 Å². The quantitative estimate of drug-likeness (QED) is 0.595. The van der Waals surface area contributed by atoms with Gasteiger partial charge in [0, 0.05) is 11.9 Å². The van der Waals surface area contributed by atoms with Gasteiger partial charge >= 0.3 is 0 Å². The number of nitrogens with one attached hydrogen (secondary N) is 2. The van der Waals surface area contributed by atoms with Crippen molar-refractivity contribution in [2.75, 3.05) is 10.7 Å². The molecule has 0 aliphatic rings. The summed E-state index contributed by atoms with van der Waals surface area (Å²) in [5.74, 6) is 5.27. The zero-order valence-corrected chi connectivity index (χ0v) is 11.0. The minimum Gasteiger partial charge on any atom is -0.322 e. The van der Waals surface area contributed by atoms with Gasteiger partial charge in [0.2, 0.25) is 0 Å². The number of hydrazine groups is 1. The third-order valence-electron chi connectivity index (χ3n) is 2.52. The van der Waals surface area contributed by atoms with Crippen molar-refractivity contribution in [2.45, 2.75) is 6.92 Å². The first-order chi connectivity index (χ1) is 9.10. The van der Waals surface area contributed by atoms with E-state index in [1.54, 1.807) is 0 Å². The molecule has 2 rings (SSSR count).